The lowest BCUT2D eigenvalue weighted by Crippen LogP contribution is -2.37. The van der Waals surface area contributed by atoms with Gasteiger partial charge in [-0.3, -0.25) is 4.79 Å². The van der Waals surface area contributed by atoms with E-state index in [9.17, 15) is 4.79 Å². The molecule has 3 heterocycles. The molecule has 0 saturated carbocycles. The van der Waals surface area contributed by atoms with Crippen LogP contribution in [0.5, 0.6) is 0 Å². The zero-order valence-electron chi connectivity index (χ0n) is 16.2. The smallest absolute Gasteiger partial charge is 0.277 e. The Bertz CT molecular complexity index is 1200. The van der Waals surface area contributed by atoms with Gasteiger partial charge in [-0.2, -0.15) is 4.68 Å². The summed E-state index contributed by atoms with van der Waals surface area (Å²) in [6, 6.07) is 21.1. The Morgan fingerprint density at radius 1 is 1.00 bits per heavy atom. The largest absolute Gasteiger partial charge is 0.465 e. The van der Waals surface area contributed by atoms with E-state index in [0.29, 0.717) is 23.8 Å². The Morgan fingerprint density at radius 2 is 1.83 bits per heavy atom. The Labute approximate surface area is 173 Å². The molecule has 0 atom stereocenters. The first-order valence-electron chi connectivity index (χ1n) is 9.80. The predicted octanol–water partition coefficient (Wildman–Crippen LogP) is 3.91. The number of aromatic nitrogens is 4. The molecular weight excluding hydrogens is 378 g/mol. The number of hydrogen-bond acceptors (Lipinski definition) is 5. The number of aryl methyl sites for hydroxylation is 1. The topological polar surface area (TPSA) is 77.0 Å². The molecule has 1 aliphatic rings. The molecule has 148 valence electrons. The number of fused-ring (bicyclic) bond motifs is 1. The highest BCUT2D eigenvalue weighted by Crippen LogP contribution is 2.30. The van der Waals surface area contributed by atoms with Crippen molar-refractivity contribution in [2.24, 2.45) is 0 Å². The van der Waals surface area contributed by atoms with E-state index in [2.05, 4.69) is 21.6 Å². The van der Waals surface area contributed by atoms with Crippen LogP contribution in [0.2, 0.25) is 0 Å². The molecule has 1 aliphatic heterocycles. The highest BCUT2D eigenvalue weighted by molar-refractivity contribution is 6.25. The molecule has 0 saturated heterocycles. The van der Waals surface area contributed by atoms with Crippen molar-refractivity contribution < 1.29 is 9.21 Å². The molecule has 0 spiro atoms. The molecule has 0 fully saturated rings. The summed E-state index contributed by atoms with van der Waals surface area (Å²) in [5.41, 5.74) is 3.23. The van der Waals surface area contributed by atoms with Crippen molar-refractivity contribution in [3.63, 3.8) is 0 Å². The van der Waals surface area contributed by atoms with E-state index >= 15 is 0 Å². The van der Waals surface area contributed by atoms with Crippen LogP contribution in [0.1, 0.15) is 17.7 Å². The molecule has 7 nitrogen and oxygen atoms in total. The summed E-state index contributed by atoms with van der Waals surface area (Å²) in [6.45, 7) is 0.633. The van der Waals surface area contributed by atoms with Crippen LogP contribution in [-0.2, 0) is 11.2 Å². The number of carbonyl (C=O) groups is 1. The fourth-order valence-corrected chi connectivity index (χ4v) is 3.72. The molecule has 7 heteroatoms. The standard InChI is InChI=1S/C23H19N5O2/c29-23(27-14-6-11-17-8-4-5-13-20(17)27)21(16-19-12-7-15-30-19)28-22(24-25-26-28)18-9-2-1-3-10-18/h1-5,7-10,12-13,15-16H,6,11,14H2. The van der Waals surface area contributed by atoms with Crippen molar-refractivity contribution in [2.45, 2.75) is 12.8 Å². The average molecular weight is 397 g/mol. The second-order valence-electron chi connectivity index (χ2n) is 7.01. The SMILES string of the molecule is O=C(C(=Cc1ccco1)n1nnnc1-c1ccccc1)N1CCCc2ccccc21. The molecule has 2 aromatic carbocycles. The number of tetrazole rings is 1. The second-order valence-corrected chi connectivity index (χ2v) is 7.01. The maximum atomic E-state index is 13.8. The molecule has 30 heavy (non-hydrogen) atoms. The van der Waals surface area contributed by atoms with Crippen molar-refractivity contribution in [1.82, 2.24) is 20.2 Å². The van der Waals surface area contributed by atoms with Crippen LogP contribution in [-0.4, -0.2) is 32.7 Å². The van der Waals surface area contributed by atoms with Gasteiger partial charge in [-0.1, -0.05) is 48.5 Å². The van der Waals surface area contributed by atoms with E-state index in [4.69, 9.17) is 4.42 Å². The quantitative estimate of drug-likeness (QED) is 0.488. The van der Waals surface area contributed by atoms with Crippen molar-refractivity contribution in [2.75, 3.05) is 11.4 Å². The van der Waals surface area contributed by atoms with Gasteiger partial charge in [0.15, 0.2) is 5.82 Å². The summed E-state index contributed by atoms with van der Waals surface area (Å²) >= 11 is 0. The average Bonchev–Trinajstić information content (AvgIpc) is 3.49. The lowest BCUT2D eigenvalue weighted by Gasteiger charge is -2.30. The van der Waals surface area contributed by atoms with Gasteiger partial charge in [-0.25, -0.2) is 0 Å². The van der Waals surface area contributed by atoms with E-state index in [-0.39, 0.29) is 5.91 Å². The van der Waals surface area contributed by atoms with Crippen molar-refractivity contribution in [3.05, 3.63) is 84.3 Å². The van der Waals surface area contributed by atoms with Crippen LogP contribution < -0.4 is 4.90 Å². The molecule has 0 N–H and O–H groups in total. The van der Waals surface area contributed by atoms with Gasteiger partial charge in [-0.05, 0) is 47.0 Å². The normalized spacial score (nSPS) is 13.9. The van der Waals surface area contributed by atoms with Crippen LogP contribution in [0.25, 0.3) is 23.2 Å². The monoisotopic (exact) mass is 397 g/mol. The minimum Gasteiger partial charge on any atom is -0.465 e. The summed E-state index contributed by atoms with van der Waals surface area (Å²) < 4.78 is 6.97. The molecule has 2 aromatic heterocycles. The third kappa shape index (κ3) is 3.30. The van der Waals surface area contributed by atoms with Crippen LogP contribution in [0.4, 0.5) is 5.69 Å². The van der Waals surface area contributed by atoms with Crippen LogP contribution in [0, 0.1) is 0 Å². The highest BCUT2D eigenvalue weighted by Gasteiger charge is 2.28. The summed E-state index contributed by atoms with van der Waals surface area (Å²) in [4.78, 5) is 15.6. The first kappa shape index (κ1) is 18.1. The molecular formula is C23H19N5O2. The zero-order chi connectivity index (χ0) is 20.3. The van der Waals surface area contributed by atoms with E-state index in [0.717, 1.165) is 29.7 Å². The lowest BCUT2D eigenvalue weighted by atomic mass is 10.0. The number of carbonyl (C=O) groups excluding carboxylic acids is 1. The van der Waals surface area contributed by atoms with Gasteiger partial charge in [0, 0.05) is 23.9 Å². The van der Waals surface area contributed by atoms with Crippen molar-refractivity contribution >= 4 is 23.4 Å². The summed E-state index contributed by atoms with van der Waals surface area (Å²) in [7, 11) is 0. The predicted molar refractivity (Wildman–Crippen MR) is 113 cm³/mol. The number of nitrogens with zero attached hydrogens (tertiary/aromatic N) is 5. The fraction of sp³-hybridized carbons (Fsp3) is 0.130. The number of furan rings is 1. The highest BCUT2D eigenvalue weighted by atomic mass is 16.3. The third-order valence-electron chi connectivity index (χ3n) is 5.13. The lowest BCUT2D eigenvalue weighted by molar-refractivity contribution is -0.113. The maximum Gasteiger partial charge on any atom is 0.277 e. The van der Waals surface area contributed by atoms with Gasteiger partial charge in [0.25, 0.3) is 5.91 Å². The number of para-hydroxylation sites is 1. The Kier molecular flexibility index (Phi) is 4.69. The molecule has 1 amide bonds. The zero-order valence-corrected chi connectivity index (χ0v) is 16.2. The molecule has 0 bridgehead atoms. The Balaban J connectivity index is 1.62. The second kappa shape index (κ2) is 7.79. The molecule has 0 unspecified atom stereocenters. The van der Waals surface area contributed by atoms with Crippen molar-refractivity contribution in [3.8, 4) is 11.4 Å². The maximum absolute atomic E-state index is 13.8. The minimum atomic E-state index is -0.178. The summed E-state index contributed by atoms with van der Waals surface area (Å²) in [6.07, 6.45) is 5.11. The van der Waals surface area contributed by atoms with Gasteiger partial charge >= 0.3 is 0 Å². The van der Waals surface area contributed by atoms with E-state index in [1.807, 2.05) is 48.5 Å². The number of amides is 1. The number of anilines is 1. The van der Waals surface area contributed by atoms with Gasteiger partial charge in [0.05, 0.1) is 6.26 Å². The fourth-order valence-electron chi connectivity index (χ4n) is 3.72. The first-order valence-corrected chi connectivity index (χ1v) is 9.80. The van der Waals surface area contributed by atoms with E-state index in [1.54, 1.807) is 29.4 Å². The minimum absolute atomic E-state index is 0.178. The number of benzene rings is 2. The number of hydrogen-bond donors (Lipinski definition) is 0. The summed E-state index contributed by atoms with van der Waals surface area (Å²) in [5, 5.41) is 12.2. The van der Waals surface area contributed by atoms with Crippen LogP contribution in [0.15, 0.2) is 77.4 Å². The number of rotatable bonds is 4. The van der Waals surface area contributed by atoms with Gasteiger partial charge in [0.1, 0.15) is 11.5 Å². The van der Waals surface area contributed by atoms with E-state index < -0.39 is 0 Å². The molecule has 5 rings (SSSR count). The molecule has 0 radical (unpaired) electrons. The first-order chi connectivity index (χ1) is 14.8. The third-order valence-corrected chi connectivity index (χ3v) is 5.13. The van der Waals surface area contributed by atoms with Crippen LogP contribution >= 0.6 is 0 Å². The van der Waals surface area contributed by atoms with Crippen LogP contribution in [0.3, 0.4) is 0 Å². The Hall–Kier alpha value is -4.00. The van der Waals surface area contributed by atoms with Gasteiger partial charge in [-0.15, -0.1) is 5.10 Å². The summed E-state index contributed by atoms with van der Waals surface area (Å²) in [5.74, 6) is 0.869. The molecule has 0 aliphatic carbocycles. The van der Waals surface area contributed by atoms with Crippen molar-refractivity contribution in [1.29, 1.82) is 0 Å². The Morgan fingerprint density at radius 3 is 2.67 bits per heavy atom. The van der Waals surface area contributed by atoms with E-state index in [1.165, 1.54) is 4.68 Å². The van der Waals surface area contributed by atoms with Gasteiger partial charge < -0.3 is 9.32 Å². The van der Waals surface area contributed by atoms with Gasteiger partial charge in [0.2, 0.25) is 0 Å². The molecule has 4 aromatic rings.